The third kappa shape index (κ3) is 3.08. The largest absolute Gasteiger partial charge is 0.507 e. The first-order chi connectivity index (χ1) is 15.9. The van der Waals surface area contributed by atoms with E-state index in [2.05, 4.69) is 0 Å². The van der Waals surface area contributed by atoms with E-state index in [1.165, 1.54) is 37.3 Å². The summed E-state index contributed by atoms with van der Waals surface area (Å²) < 4.78 is 11.9. The van der Waals surface area contributed by atoms with Crippen LogP contribution in [0, 0.1) is 0 Å². The van der Waals surface area contributed by atoms with Crippen LogP contribution in [0.4, 0.5) is 0 Å². The first kappa shape index (κ1) is 23.1. The fraction of sp³-hybridized carbons (Fsp3) is 0.480. The number of carbonyl (C=O) groups is 3. The van der Waals surface area contributed by atoms with Crippen molar-refractivity contribution < 1.29 is 44.3 Å². The number of Topliss-reactive ketones (excluding diaryl/α,β-unsaturated/α-hetero) is 3. The van der Waals surface area contributed by atoms with Gasteiger partial charge >= 0.3 is 0 Å². The molecule has 4 N–H and O–H groups in total. The molecule has 0 amide bonds. The van der Waals surface area contributed by atoms with Crippen molar-refractivity contribution in [2.75, 3.05) is 0 Å². The van der Waals surface area contributed by atoms with Crippen molar-refractivity contribution in [1.29, 1.82) is 0 Å². The van der Waals surface area contributed by atoms with Crippen molar-refractivity contribution in [3.63, 3.8) is 0 Å². The van der Waals surface area contributed by atoms with Gasteiger partial charge in [-0.2, -0.15) is 0 Å². The molecule has 4 aliphatic rings. The number of hydrogen-bond donors (Lipinski definition) is 4. The normalized spacial score (nSPS) is 39.6. The van der Waals surface area contributed by atoms with Crippen LogP contribution in [0.15, 0.2) is 41.5 Å². The van der Waals surface area contributed by atoms with Gasteiger partial charge in [-0.05, 0) is 32.4 Å². The summed E-state index contributed by atoms with van der Waals surface area (Å²) in [6.07, 6.45) is -0.268. The maximum absolute atomic E-state index is 13.8. The van der Waals surface area contributed by atoms with Crippen LogP contribution < -0.4 is 0 Å². The summed E-state index contributed by atoms with van der Waals surface area (Å²) in [5.41, 5.74) is -6.85. The standard InChI is InChI=1S/C25H26O9/c1-12-15(26)6-7-18(33-12)34-25-17(28)10-23(2,31)11-24(25,32)9-8-14-20(25)22(30)13-4-3-5-16(27)19(13)21(14)29/h3-5,8-9,12,15,18,26-27,31-32H,6-7,10-11H2,1-2H3/t12-,15-,18-,23-,24+,25+/m0/s1. The molecule has 1 saturated heterocycles. The number of benzene rings is 1. The van der Waals surface area contributed by atoms with Gasteiger partial charge in [0.25, 0.3) is 0 Å². The third-order valence-electron chi connectivity index (χ3n) is 7.24. The number of aliphatic hydroxyl groups excluding tert-OH is 1. The van der Waals surface area contributed by atoms with Gasteiger partial charge in [0.2, 0.25) is 0 Å². The molecule has 1 heterocycles. The topological polar surface area (TPSA) is 151 Å². The second-order valence-corrected chi connectivity index (χ2v) is 9.89. The lowest BCUT2D eigenvalue weighted by atomic mass is 9.57. The van der Waals surface area contributed by atoms with Crippen LogP contribution in [0.25, 0.3) is 0 Å². The second-order valence-electron chi connectivity index (χ2n) is 9.89. The number of phenolic OH excluding ortho intramolecular Hbond substituents is 1. The van der Waals surface area contributed by atoms with Crippen LogP contribution in [-0.2, 0) is 14.3 Å². The number of fused-ring (bicyclic) bond motifs is 3. The summed E-state index contributed by atoms with van der Waals surface area (Å²) in [5, 5.41) is 42.8. The summed E-state index contributed by atoms with van der Waals surface area (Å²) in [5.74, 6) is -2.55. The summed E-state index contributed by atoms with van der Waals surface area (Å²) in [4.78, 5) is 40.9. The fourth-order valence-corrected chi connectivity index (χ4v) is 5.66. The highest BCUT2D eigenvalue weighted by Crippen LogP contribution is 2.53. The van der Waals surface area contributed by atoms with Gasteiger partial charge in [0.15, 0.2) is 29.2 Å². The maximum atomic E-state index is 13.8. The molecular weight excluding hydrogens is 444 g/mol. The Balaban J connectivity index is 1.71. The molecule has 1 aromatic carbocycles. The highest BCUT2D eigenvalue weighted by molar-refractivity contribution is 6.31. The predicted molar refractivity (Wildman–Crippen MR) is 116 cm³/mol. The first-order valence-corrected chi connectivity index (χ1v) is 11.2. The minimum absolute atomic E-state index is 0.108. The van der Waals surface area contributed by atoms with Gasteiger partial charge in [0.1, 0.15) is 11.4 Å². The lowest BCUT2D eigenvalue weighted by Gasteiger charge is -2.55. The van der Waals surface area contributed by atoms with Crippen molar-refractivity contribution >= 4 is 17.3 Å². The van der Waals surface area contributed by atoms with E-state index in [-0.39, 0.29) is 40.9 Å². The van der Waals surface area contributed by atoms with Crippen molar-refractivity contribution in [2.45, 2.75) is 74.8 Å². The summed E-state index contributed by atoms with van der Waals surface area (Å²) in [6, 6.07) is 4.06. The van der Waals surface area contributed by atoms with Crippen molar-refractivity contribution in [3.8, 4) is 5.75 Å². The molecule has 9 nitrogen and oxygen atoms in total. The molecule has 1 aromatic rings. The van der Waals surface area contributed by atoms with Crippen molar-refractivity contribution in [2.24, 2.45) is 0 Å². The fourth-order valence-electron chi connectivity index (χ4n) is 5.66. The Morgan fingerprint density at radius 3 is 2.56 bits per heavy atom. The van der Waals surface area contributed by atoms with Crippen LogP contribution in [0.5, 0.6) is 5.75 Å². The molecule has 3 aliphatic carbocycles. The number of allylic oxidation sites excluding steroid dienone is 2. The first-order valence-electron chi connectivity index (χ1n) is 11.2. The molecule has 1 saturated carbocycles. The van der Waals surface area contributed by atoms with Gasteiger partial charge in [-0.25, -0.2) is 0 Å². The molecule has 0 bridgehead atoms. The minimum Gasteiger partial charge on any atom is -0.507 e. The van der Waals surface area contributed by atoms with E-state index in [4.69, 9.17) is 9.47 Å². The SMILES string of the molecule is C[C@@H]1O[C@@H](O[C@@]23C(=O)C[C@](C)(O)C[C@]2(O)C=CC2=C3C(=O)c3cccc(O)c3C2=O)CC[C@@H]1O. The molecular formula is C25H26O9. The number of aliphatic hydroxyl groups is 3. The molecule has 5 rings (SSSR count). The average molecular weight is 470 g/mol. The Morgan fingerprint density at radius 1 is 1.12 bits per heavy atom. The number of ketones is 3. The van der Waals surface area contributed by atoms with Crippen molar-refractivity contribution in [1.82, 2.24) is 0 Å². The van der Waals surface area contributed by atoms with E-state index in [1.54, 1.807) is 6.92 Å². The highest BCUT2D eigenvalue weighted by Gasteiger charge is 2.68. The number of phenols is 1. The smallest absolute Gasteiger partial charge is 0.198 e. The van der Waals surface area contributed by atoms with E-state index in [0.717, 1.165) is 0 Å². The molecule has 0 spiro atoms. The predicted octanol–water partition coefficient (Wildman–Crippen LogP) is 1.12. The van der Waals surface area contributed by atoms with Gasteiger partial charge in [-0.1, -0.05) is 18.2 Å². The van der Waals surface area contributed by atoms with E-state index in [1.807, 2.05) is 0 Å². The zero-order valence-electron chi connectivity index (χ0n) is 18.8. The lowest BCUT2D eigenvalue weighted by Crippen LogP contribution is -2.71. The molecule has 34 heavy (non-hydrogen) atoms. The van der Waals surface area contributed by atoms with Crippen LogP contribution in [-0.4, -0.2) is 73.1 Å². The van der Waals surface area contributed by atoms with Gasteiger partial charge in [-0.15, -0.1) is 0 Å². The van der Waals surface area contributed by atoms with Crippen LogP contribution in [0.2, 0.25) is 0 Å². The quantitative estimate of drug-likeness (QED) is 0.498. The number of hydrogen-bond acceptors (Lipinski definition) is 9. The molecule has 0 unspecified atom stereocenters. The zero-order valence-corrected chi connectivity index (χ0v) is 18.8. The van der Waals surface area contributed by atoms with E-state index >= 15 is 0 Å². The van der Waals surface area contributed by atoms with Crippen LogP contribution in [0.1, 0.15) is 60.2 Å². The van der Waals surface area contributed by atoms with E-state index in [9.17, 15) is 34.8 Å². The Kier molecular flexibility index (Phi) is 5.02. The zero-order chi connectivity index (χ0) is 24.6. The number of ether oxygens (including phenoxy) is 2. The summed E-state index contributed by atoms with van der Waals surface area (Å²) >= 11 is 0. The molecule has 180 valence electrons. The monoisotopic (exact) mass is 470 g/mol. The molecule has 9 heteroatoms. The molecule has 1 aliphatic heterocycles. The Labute approximate surface area is 195 Å². The minimum atomic E-state index is -2.32. The van der Waals surface area contributed by atoms with E-state index in [0.29, 0.717) is 6.42 Å². The maximum Gasteiger partial charge on any atom is 0.198 e. The van der Waals surface area contributed by atoms with Gasteiger partial charge in [-0.3, -0.25) is 14.4 Å². The molecule has 6 atom stereocenters. The summed E-state index contributed by atoms with van der Waals surface area (Å²) in [7, 11) is 0. The van der Waals surface area contributed by atoms with E-state index < -0.39 is 59.1 Å². The lowest BCUT2D eigenvalue weighted by molar-refractivity contribution is -0.282. The number of rotatable bonds is 2. The Hall–Kier alpha value is -2.69. The van der Waals surface area contributed by atoms with Gasteiger partial charge in [0.05, 0.1) is 28.9 Å². The Bertz CT molecular complexity index is 1180. The molecule has 2 fully saturated rings. The van der Waals surface area contributed by atoms with Crippen LogP contribution >= 0.6 is 0 Å². The third-order valence-corrected chi connectivity index (χ3v) is 7.24. The Morgan fingerprint density at radius 2 is 1.85 bits per heavy atom. The van der Waals surface area contributed by atoms with Crippen LogP contribution in [0.3, 0.4) is 0 Å². The molecule has 0 aromatic heterocycles. The summed E-state index contributed by atoms with van der Waals surface area (Å²) in [6.45, 7) is 3.04. The number of aromatic hydroxyl groups is 1. The second kappa shape index (κ2) is 7.40. The highest BCUT2D eigenvalue weighted by atomic mass is 16.7. The van der Waals surface area contributed by atoms with Crippen molar-refractivity contribution in [3.05, 3.63) is 52.6 Å². The van der Waals surface area contributed by atoms with Gasteiger partial charge in [0, 0.05) is 30.4 Å². The molecule has 0 radical (unpaired) electrons. The average Bonchev–Trinajstić information content (AvgIpc) is 2.74. The number of carbonyl (C=O) groups excluding carboxylic acids is 3. The van der Waals surface area contributed by atoms with Gasteiger partial charge < -0.3 is 29.9 Å².